The Kier molecular flexibility index (Phi) is 6.70. The molecule has 2 aromatic carbocycles. The molecule has 0 aromatic heterocycles. The summed E-state index contributed by atoms with van der Waals surface area (Å²) in [5.74, 6) is 3.24. The third kappa shape index (κ3) is 4.51. The molecule has 1 aliphatic heterocycles. The number of hydrogen-bond donors (Lipinski definition) is 0. The van der Waals surface area contributed by atoms with Crippen LogP contribution in [0.3, 0.4) is 0 Å². The van der Waals surface area contributed by atoms with Crippen molar-refractivity contribution in [1.29, 1.82) is 0 Å². The van der Waals surface area contributed by atoms with E-state index in [1.54, 1.807) is 14.2 Å². The highest BCUT2D eigenvalue weighted by Gasteiger charge is 2.35. The van der Waals surface area contributed by atoms with E-state index < -0.39 is 0 Å². The van der Waals surface area contributed by atoms with E-state index in [2.05, 4.69) is 30.0 Å². The van der Waals surface area contributed by atoms with Gasteiger partial charge in [-0.1, -0.05) is 25.1 Å². The molecule has 5 nitrogen and oxygen atoms in total. The molecule has 0 saturated carbocycles. The molecule has 0 spiro atoms. The molecule has 2 aromatic rings. The number of nitrogens with zero attached hydrogens (tertiary/aromatic N) is 1. The average molecular weight is 398 g/mol. The third-order valence-electron chi connectivity index (χ3n) is 5.19. The van der Waals surface area contributed by atoms with Crippen LogP contribution in [0.2, 0.25) is 0 Å². The Labute approximate surface area is 173 Å². The van der Waals surface area contributed by atoms with E-state index in [9.17, 15) is 0 Å². The first-order chi connectivity index (χ1) is 14.0. The van der Waals surface area contributed by atoms with Gasteiger partial charge in [-0.3, -0.25) is 0 Å². The number of hydrogen-bond acceptors (Lipinski definition) is 5. The summed E-state index contributed by atoms with van der Waals surface area (Å²) < 4.78 is 23.4. The van der Waals surface area contributed by atoms with Crippen molar-refractivity contribution in [3.05, 3.63) is 53.1 Å². The topological polar surface area (TPSA) is 40.2 Å². The summed E-state index contributed by atoms with van der Waals surface area (Å²) in [6, 6.07) is 10.2. The van der Waals surface area contributed by atoms with Crippen LogP contribution in [-0.4, -0.2) is 46.4 Å². The minimum Gasteiger partial charge on any atom is -0.493 e. The highest BCUT2D eigenvalue weighted by molar-refractivity contribution is 5.62. The molecule has 2 atom stereocenters. The van der Waals surface area contributed by atoms with Crippen molar-refractivity contribution in [2.45, 2.75) is 25.9 Å². The number of ether oxygens (including phenoxy) is 4. The van der Waals surface area contributed by atoms with Gasteiger partial charge in [0.05, 0.1) is 14.2 Å². The number of allylic oxidation sites excluding steroid dienone is 1. The Bertz CT molecular complexity index is 875. The quantitative estimate of drug-likeness (QED) is 0.633. The van der Waals surface area contributed by atoms with Crippen LogP contribution in [-0.2, 0) is 0 Å². The van der Waals surface area contributed by atoms with Gasteiger partial charge in [0.25, 0.3) is 0 Å². The second-order valence-electron chi connectivity index (χ2n) is 7.53. The Balaban J connectivity index is 1.87. The van der Waals surface area contributed by atoms with Gasteiger partial charge in [-0.15, -0.1) is 0 Å². The van der Waals surface area contributed by atoms with Gasteiger partial charge in [0, 0.05) is 18.0 Å². The lowest BCUT2D eigenvalue weighted by molar-refractivity contribution is 0.207. The largest absolute Gasteiger partial charge is 0.493 e. The Hall–Kier alpha value is -2.66. The van der Waals surface area contributed by atoms with Crippen LogP contribution in [0.15, 0.2) is 36.4 Å². The maximum atomic E-state index is 6.36. The van der Waals surface area contributed by atoms with Crippen molar-refractivity contribution in [3.63, 3.8) is 0 Å². The molecular formula is C24H31NO4. The molecule has 0 N–H and O–H groups in total. The van der Waals surface area contributed by atoms with E-state index in [4.69, 9.17) is 18.9 Å². The maximum absolute atomic E-state index is 6.36. The SMILES string of the molecule is C/C=C/c1cc(OC)c2c(c1)[C@@H](C)[C@H](c1ccc(OCCN(C)C)c(OC)c1)O2. The summed E-state index contributed by atoms with van der Waals surface area (Å²) >= 11 is 0. The first kappa shape index (κ1) is 21.1. The Morgan fingerprint density at radius 3 is 2.45 bits per heavy atom. The normalized spacial score (nSPS) is 18.0. The van der Waals surface area contributed by atoms with E-state index in [0.29, 0.717) is 6.61 Å². The summed E-state index contributed by atoms with van der Waals surface area (Å²) in [7, 11) is 7.39. The van der Waals surface area contributed by atoms with Crippen LogP contribution in [0.25, 0.3) is 6.08 Å². The fraction of sp³-hybridized carbons (Fsp3) is 0.417. The van der Waals surface area contributed by atoms with Gasteiger partial charge < -0.3 is 23.8 Å². The first-order valence-corrected chi connectivity index (χ1v) is 9.95. The summed E-state index contributed by atoms with van der Waals surface area (Å²) in [5, 5.41) is 0. The zero-order valence-corrected chi connectivity index (χ0v) is 18.2. The predicted molar refractivity (Wildman–Crippen MR) is 117 cm³/mol. The number of methoxy groups -OCH3 is 2. The van der Waals surface area contributed by atoms with Crippen LogP contribution in [0.5, 0.6) is 23.0 Å². The van der Waals surface area contributed by atoms with Crippen molar-refractivity contribution in [1.82, 2.24) is 4.90 Å². The highest BCUT2D eigenvalue weighted by Crippen LogP contribution is 2.51. The van der Waals surface area contributed by atoms with Crippen LogP contribution in [0.1, 0.15) is 42.6 Å². The van der Waals surface area contributed by atoms with Crippen LogP contribution >= 0.6 is 0 Å². The molecule has 29 heavy (non-hydrogen) atoms. The molecule has 0 aliphatic carbocycles. The number of likely N-dealkylation sites (N-methyl/N-ethyl adjacent to an activating group) is 1. The van der Waals surface area contributed by atoms with Crippen molar-refractivity contribution in [2.75, 3.05) is 41.5 Å². The average Bonchev–Trinajstić information content (AvgIpc) is 3.04. The van der Waals surface area contributed by atoms with Crippen LogP contribution in [0.4, 0.5) is 0 Å². The fourth-order valence-corrected chi connectivity index (χ4v) is 3.62. The molecule has 3 rings (SSSR count). The Morgan fingerprint density at radius 1 is 1.03 bits per heavy atom. The van der Waals surface area contributed by atoms with Gasteiger partial charge in [0.15, 0.2) is 23.0 Å². The molecule has 0 unspecified atom stereocenters. The summed E-state index contributed by atoms with van der Waals surface area (Å²) in [6.07, 6.45) is 3.99. The smallest absolute Gasteiger partial charge is 0.165 e. The second kappa shape index (κ2) is 9.23. The number of rotatable bonds is 8. The molecule has 0 fully saturated rings. The molecule has 5 heteroatoms. The van der Waals surface area contributed by atoms with Crippen molar-refractivity contribution in [2.24, 2.45) is 0 Å². The summed E-state index contributed by atoms with van der Waals surface area (Å²) in [4.78, 5) is 2.08. The lowest BCUT2D eigenvalue weighted by Gasteiger charge is -2.19. The lowest BCUT2D eigenvalue weighted by Crippen LogP contribution is -2.19. The van der Waals surface area contributed by atoms with Gasteiger partial charge in [0.1, 0.15) is 12.7 Å². The molecular weight excluding hydrogens is 366 g/mol. The summed E-state index contributed by atoms with van der Waals surface area (Å²) in [6.45, 7) is 5.65. The van der Waals surface area contributed by atoms with Crippen LogP contribution < -0.4 is 18.9 Å². The van der Waals surface area contributed by atoms with Gasteiger partial charge >= 0.3 is 0 Å². The Morgan fingerprint density at radius 2 is 1.79 bits per heavy atom. The molecule has 1 aliphatic rings. The molecule has 0 radical (unpaired) electrons. The van der Waals surface area contributed by atoms with Crippen molar-refractivity contribution in [3.8, 4) is 23.0 Å². The minimum atomic E-state index is -0.107. The standard InChI is InChI=1S/C24H31NO4/c1-7-8-17-13-19-16(2)23(29-24(19)22(14-17)27-6)18-9-10-20(21(15-18)26-5)28-12-11-25(3)4/h7-10,13-16,23H,11-12H2,1-6H3/b8-7+/t16-,23-/m1/s1. The van der Waals surface area contributed by atoms with Gasteiger partial charge in [0.2, 0.25) is 0 Å². The van der Waals surface area contributed by atoms with Crippen molar-refractivity contribution < 1.29 is 18.9 Å². The third-order valence-corrected chi connectivity index (χ3v) is 5.19. The molecule has 1 heterocycles. The van der Waals surface area contributed by atoms with Crippen LogP contribution in [0, 0.1) is 0 Å². The highest BCUT2D eigenvalue weighted by atomic mass is 16.5. The van der Waals surface area contributed by atoms with Gasteiger partial charge in [-0.25, -0.2) is 0 Å². The van der Waals surface area contributed by atoms with E-state index in [0.717, 1.165) is 46.2 Å². The number of benzene rings is 2. The second-order valence-corrected chi connectivity index (χ2v) is 7.53. The lowest BCUT2D eigenvalue weighted by atomic mass is 9.91. The van der Waals surface area contributed by atoms with E-state index in [1.807, 2.05) is 45.3 Å². The van der Waals surface area contributed by atoms with Gasteiger partial charge in [-0.2, -0.15) is 0 Å². The zero-order chi connectivity index (χ0) is 21.0. The molecule has 156 valence electrons. The van der Waals surface area contributed by atoms with E-state index >= 15 is 0 Å². The van der Waals surface area contributed by atoms with Gasteiger partial charge in [-0.05, 0) is 56.4 Å². The maximum Gasteiger partial charge on any atom is 0.165 e. The minimum absolute atomic E-state index is 0.107. The zero-order valence-electron chi connectivity index (χ0n) is 18.2. The monoisotopic (exact) mass is 397 g/mol. The summed E-state index contributed by atoms with van der Waals surface area (Å²) in [5.41, 5.74) is 3.33. The molecule has 0 saturated heterocycles. The fourth-order valence-electron chi connectivity index (χ4n) is 3.62. The van der Waals surface area contributed by atoms with Crippen molar-refractivity contribution >= 4 is 6.08 Å². The molecule has 0 bridgehead atoms. The molecule has 0 amide bonds. The number of fused-ring (bicyclic) bond motifs is 1. The van der Waals surface area contributed by atoms with E-state index in [-0.39, 0.29) is 12.0 Å². The predicted octanol–water partition coefficient (Wildman–Crippen LogP) is 4.91. The first-order valence-electron chi connectivity index (χ1n) is 9.95. The van der Waals surface area contributed by atoms with E-state index in [1.165, 1.54) is 0 Å².